The molecule has 120 valence electrons. The molecule has 2 heterocycles. The predicted molar refractivity (Wildman–Crippen MR) is 89.1 cm³/mol. The molecule has 3 rings (SSSR count). The van der Waals surface area contributed by atoms with E-state index in [0.29, 0.717) is 16.7 Å². The van der Waals surface area contributed by atoms with Crippen molar-refractivity contribution in [3.63, 3.8) is 0 Å². The van der Waals surface area contributed by atoms with Crippen LogP contribution in [-0.4, -0.2) is 24.9 Å². The third-order valence-electron chi connectivity index (χ3n) is 3.38. The molecule has 6 nitrogen and oxygen atoms in total. The van der Waals surface area contributed by atoms with Gasteiger partial charge < -0.3 is 4.52 Å². The molecule has 0 aliphatic carbocycles. The van der Waals surface area contributed by atoms with Gasteiger partial charge >= 0.3 is 0 Å². The largest absolute Gasteiger partial charge is 0.338 e. The minimum absolute atomic E-state index is 0.0216. The Morgan fingerprint density at radius 3 is 2.91 bits per heavy atom. The SMILES string of the molecule is CCc1noc(C(C)Sc2nncn2-c2ccc(C)c(Cl)c2)n1. The Labute approximate surface area is 143 Å². The van der Waals surface area contributed by atoms with Crippen molar-refractivity contribution in [1.82, 2.24) is 24.9 Å². The fourth-order valence-corrected chi connectivity index (χ4v) is 3.05. The van der Waals surface area contributed by atoms with Crippen molar-refractivity contribution in [2.45, 2.75) is 37.6 Å². The minimum atomic E-state index is -0.0216. The molecule has 8 heteroatoms. The van der Waals surface area contributed by atoms with E-state index in [1.807, 2.05) is 43.5 Å². The van der Waals surface area contributed by atoms with Gasteiger partial charge in [-0.15, -0.1) is 10.2 Å². The zero-order valence-corrected chi connectivity index (χ0v) is 14.6. The maximum absolute atomic E-state index is 6.21. The molecule has 0 saturated carbocycles. The average Bonchev–Trinajstić information content (AvgIpc) is 3.19. The van der Waals surface area contributed by atoms with Crippen molar-refractivity contribution in [1.29, 1.82) is 0 Å². The smallest absolute Gasteiger partial charge is 0.239 e. The molecular weight excluding hydrogens is 334 g/mol. The number of nitrogens with zero attached hydrogens (tertiary/aromatic N) is 5. The maximum atomic E-state index is 6.21. The number of hydrogen-bond acceptors (Lipinski definition) is 6. The number of aromatic nitrogens is 5. The number of benzene rings is 1. The van der Waals surface area contributed by atoms with Gasteiger partial charge in [0.15, 0.2) is 11.0 Å². The summed E-state index contributed by atoms with van der Waals surface area (Å²) in [5.41, 5.74) is 1.95. The molecule has 0 aliphatic rings. The maximum Gasteiger partial charge on any atom is 0.239 e. The molecule has 1 aromatic carbocycles. The molecular formula is C15H16ClN5OS. The van der Waals surface area contributed by atoms with Crippen molar-refractivity contribution >= 4 is 23.4 Å². The first-order valence-corrected chi connectivity index (χ1v) is 8.50. The lowest BCUT2D eigenvalue weighted by atomic mass is 10.2. The molecule has 0 saturated heterocycles. The van der Waals surface area contributed by atoms with Crippen LogP contribution in [0.25, 0.3) is 5.69 Å². The van der Waals surface area contributed by atoms with Crippen LogP contribution in [0.1, 0.15) is 36.4 Å². The predicted octanol–water partition coefficient (Wildman–Crippen LogP) is 4.03. The summed E-state index contributed by atoms with van der Waals surface area (Å²) in [7, 11) is 0. The Kier molecular flexibility index (Phi) is 4.68. The van der Waals surface area contributed by atoms with Crippen molar-refractivity contribution in [3.8, 4) is 5.69 Å². The van der Waals surface area contributed by atoms with Crippen LogP contribution >= 0.6 is 23.4 Å². The van der Waals surface area contributed by atoms with Gasteiger partial charge in [-0.2, -0.15) is 4.98 Å². The van der Waals surface area contributed by atoms with Crippen LogP contribution in [0, 0.1) is 6.92 Å². The van der Waals surface area contributed by atoms with Crippen LogP contribution in [0.5, 0.6) is 0 Å². The quantitative estimate of drug-likeness (QED) is 0.648. The Balaban J connectivity index is 1.84. The van der Waals surface area contributed by atoms with Crippen molar-refractivity contribution < 1.29 is 4.52 Å². The van der Waals surface area contributed by atoms with Crippen molar-refractivity contribution in [3.05, 3.63) is 46.8 Å². The van der Waals surface area contributed by atoms with E-state index in [2.05, 4.69) is 20.3 Å². The molecule has 0 radical (unpaired) electrons. The lowest BCUT2D eigenvalue weighted by Gasteiger charge is -2.09. The van der Waals surface area contributed by atoms with Gasteiger partial charge in [0.25, 0.3) is 0 Å². The molecule has 0 bridgehead atoms. The van der Waals surface area contributed by atoms with Crippen LogP contribution in [0.4, 0.5) is 0 Å². The fourth-order valence-electron chi connectivity index (χ4n) is 2.00. The highest BCUT2D eigenvalue weighted by Crippen LogP contribution is 2.34. The second-order valence-electron chi connectivity index (χ2n) is 5.08. The highest BCUT2D eigenvalue weighted by molar-refractivity contribution is 7.99. The average molecular weight is 350 g/mol. The lowest BCUT2D eigenvalue weighted by Crippen LogP contribution is -1.98. The van der Waals surface area contributed by atoms with Gasteiger partial charge in [-0.1, -0.05) is 41.5 Å². The third kappa shape index (κ3) is 3.40. The topological polar surface area (TPSA) is 69.6 Å². The minimum Gasteiger partial charge on any atom is -0.338 e. The summed E-state index contributed by atoms with van der Waals surface area (Å²) in [6, 6.07) is 5.86. The molecule has 0 aliphatic heterocycles. The van der Waals surface area contributed by atoms with Gasteiger partial charge in [-0.05, 0) is 31.5 Å². The standard InChI is InChI=1S/C15H16ClN5OS/c1-4-13-18-14(22-20-13)10(3)23-15-19-17-8-21(15)11-6-5-9(2)12(16)7-11/h5-8,10H,4H2,1-3H3. The summed E-state index contributed by atoms with van der Waals surface area (Å²) in [5, 5.41) is 13.5. The normalized spacial score (nSPS) is 12.5. The second kappa shape index (κ2) is 6.72. The summed E-state index contributed by atoms with van der Waals surface area (Å²) in [4.78, 5) is 4.36. The molecule has 1 unspecified atom stereocenters. The first-order chi connectivity index (χ1) is 11.1. The Hall–Kier alpha value is -1.86. The van der Waals surface area contributed by atoms with Gasteiger partial charge in [-0.3, -0.25) is 4.57 Å². The fraction of sp³-hybridized carbons (Fsp3) is 0.333. The molecule has 0 amide bonds. The molecule has 23 heavy (non-hydrogen) atoms. The van der Waals surface area contributed by atoms with Crippen LogP contribution in [0.15, 0.2) is 34.2 Å². The van der Waals surface area contributed by atoms with Gasteiger partial charge in [0, 0.05) is 11.4 Å². The van der Waals surface area contributed by atoms with E-state index in [4.69, 9.17) is 16.1 Å². The van der Waals surface area contributed by atoms with E-state index in [1.54, 1.807) is 6.33 Å². The highest BCUT2D eigenvalue weighted by Gasteiger charge is 2.19. The van der Waals surface area contributed by atoms with Crippen LogP contribution < -0.4 is 0 Å². The number of rotatable bonds is 5. The summed E-state index contributed by atoms with van der Waals surface area (Å²) in [5.74, 6) is 1.29. The highest BCUT2D eigenvalue weighted by atomic mass is 35.5. The summed E-state index contributed by atoms with van der Waals surface area (Å²) in [6.07, 6.45) is 2.42. The molecule has 0 spiro atoms. The van der Waals surface area contributed by atoms with Gasteiger partial charge in [-0.25, -0.2) is 0 Å². The van der Waals surface area contributed by atoms with E-state index in [-0.39, 0.29) is 5.25 Å². The Morgan fingerprint density at radius 1 is 1.39 bits per heavy atom. The monoisotopic (exact) mass is 349 g/mol. The Bertz CT molecular complexity index is 816. The molecule has 1 atom stereocenters. The number of halogens is 1. The zero-order chi connectivity index (χ0) is 16.4. The third-order valence-corrected chi connectivity index (χ3v) is 4.83. The van der Waals surface area contributed by atoms with Gasteiger partial charge in [0.1, 0.15) is 6.33 Å². The molecule has 0 fully saturated rings. The summed E-state index contributed by atoms with van der Waals surface area (Å²) >= 11 is 7.72. The van der Waals surface area contributed by atoms with Crippen LogP contribution in [0.2, 0.25) is 5.02 Å². The molecule has 0 N–H and O–H groups in total. The first-order valence-electron chi connectivity index (χ1n) is 7.24. The van der Waals surface area contributed by atoms with Gasteiger partial charge in [0.2, 0.25) is 5.89 Å². The first kappa shape index (κ1) is 16.0. The Morgan fingerprint density at radius 2 is 2.22 bits per heavy atom. The lowest BCUT2D eigenvalue weighted by molar-refractivity contribution is 0.375. The number of hydrogen-bond donors (Lipinski definition) is 0. The van der Waals surface area contributed by atoms with E-state index < -0.39 is 0 Å². The summed E-state index contributed by atoms with van der Waals surface area (Å²) < 4.78 is 7.18. The summed E-state index contributed by atoms with van der Waals surface area (Å²) in [6.45, 7) is 5.96. The molecule has 2 aromatic heterocycles. The van der Waals surface area contributed by atoms with Crippen molar-refractivity contribution in [2.75, 3.05) is 0 Å². The van der Waals surface area contributed by atoms with E-state index >= 15 is 0 Å². The van der Waals surface area contributed by atoms with Crippen LogP contribution in [-0.2, 0) is 6.42 Å². The van der Waals surface area contributed by atoms with Crippen molar-refractivity contribution in [2.24, 2.45) is 0 Å². The van der Waals surface area contributed by atoms with Crippen LogP contribution in [0.3, 0.4) is 0 Å². The van der Waals surface area contributed by atoms with E-state index in [1.165, 1.54) is 11.8 Å². The van der Waals surface area contributed by atoms with Gasteiger partial charge in [0.05, 0.1) is 10.9 Å². The zero-order valence-electron chi connectivity index (χ0n) is 13.0. The second-order valence-corrected chi connectivity index (χ2v) is 6.79. The number of thioether (sulfide) groups is 1. The van der Waals surface area contributed by atoms with E-state index in [9.17, 15) is 0 Å². The molecule has 3 aromatic rings. The number of aryl methyl sites for hydroxylation is 2. The van der Waals surface area contributed by atoms with E-state index in [0.717, 1.165) is 22.8 Å².